The largest absolute Gasteiger partial charge is 0.478 e. The predicted molar refractivity (Wildman–Crippen MR) is 211 cm³/mol. The first kappa shape index (κ1) is 60.8. The Labute approximate surface area is 331 Å². The Morgan fingerprint density at radius 1 is 0.509 bits per heavy atom. The van der Waals surface area contributed by atoms with Gasteiger partial charge in [-0.3, -0.25) is 0 Å². The standard InChI is InChI=1S/C15H28O5Si.C8H12O6.C6H15ClSi.C4H4O4.C2H6O2/c1-7-10-18-13(16)8-9-14(17)19-11-12-20-21(5,6)15(2,3)4;9-3-5-13-7(11)1-2-8(12)14-6-4-10;1-6(2,3)8(4,5)7;5-3(6)1-2-4(7)8;3-1-2-4/h8-9H,7,10-12H2,1-6H3;1-2,9-10H,3-6H2;1-5H3;1-2H,(H,5,6)(H,7,8);3-4H,1-2H2/b9-8+;2-1+;;2-1+;. The molecule has 0 saturated heterocycles. The van der Waals surface area contributed by atoms with Crippen LogP contribution in [-0.4, -0.2) is 142 Å². The second-order valence-corrected chi connectivity index (χ2v) is 25.7. The van der Waals surface area contributed by atoms with Crippen LogP contribution in [-0.2, 0) is 52.1 Å². The summed E-state index contributed by atoms with van der Waals surface area (Å²) in [6.45, 7) is 23.4. The average Bonchev–Trinajstić information content (AvgIpc) is 3.07. The van der Waals surface area contributed by atoms with Crippen molar-refractivity contribution in [3.05, 3.63) is 36.5 Å². The number of esters is 4. The van der Waals surface area contributed by atoms with Gasteiger partial charge in [-0.25, -0.2) is 28.8 Å². The van der Waals surface area contributed by atoms with E-state index in [1.165, 1.54) is 0 Å². The van der Waals surface area contributed by atoms with Gasteiger partial charge >= 0.3 is 35.8 Å². The van der Waals surface area contributed by atoms with Gasteiger partial charge in [0.1, 0.15) is 19.8 Å². The van der Waals surface area contributed by atoms with Gasteiger partial charge in [-0.05, 0) is 29.6 Å². The van der Waals surface area contributed by atoms with Crippen molar-refractivity contribution in [2.75, 3.05) is 59.5 Å². The molecule has 20 heteroatoms. The molecule has 0 bridgehead atoms. The third-order valence-corrected chi connectivity index (χ3v) is 16.5. The predicted octanol–water partition coefficient (Wildman–Crippen LogP) is 3.59. The molecular formula is C35H65ClO17Si2. The summed E-state index contributed by atoms with van der Waals surface area (Å²) in [7, 11) is -3.20. The van der Waals surface area contributed by atoms with Gasteiger partial charge in [0.2, 0.25) is 0 Å². The maximum atomic E-state index is 11.4. The molecule has 0 aromatic rings. The number of carboxylic acids is 2. The molecule has 322 valence electrons. The van der Waals surface area contributed by atoms with Crippen molar-refractivity contribution in [3.8, 4) is 0 Å². The maximum absolute atomic E-state index is 11.4. The number of hydrogen-bond acceptors (Lipinski definition) is 15. The van der Waals surface area contributed by atoms with Crippen molar-refractivity contribution in [3.63, 3.8) is 0 Å². The molecule has 0 aromatic carbocycles. The van der Waals surface area contributed by atoms with E-state index < -0.39 is 51.5 Å². The van der Waals surface area contributed by atoms with Crippen LogP contribution in [0, 0.1) is 0 Å². The Hall–Kier alpha value is -3.44. The minimum Gasteiger partial charge on any atom is -0.478 e. The van der Waals surface area contributed by atoms with E-state index in [1.807, 2.05) is 6.92 Å². The lowest BCUT2D eigenvalue weighted by Gasteiger charge is -2.36. The lowest BCUT2D eigenvalue weighted by atomic mass is 10.2. The minimum atomic E-state index is -1.81. The zero-order chi connectivity index (χ0) is 44.3. The van der Waals surface area contributed by atoms with Gasteiger partial charge in [-0.15, -0.1) is 0 Å². The first-order valence-electron chi connectivity index (χ1n) is 17.0. The molecule has 0 atom stereocenters. The lowest BCUT2D eigenvalue weighted by molar-refractivity contribution is -0.141. The number of hydrogen-bond donors (Lipinski definition) is 6. The molecule has 0 amide bonds. The SMILES string of the molecule is CC(C)(C)[Si](C)(C)Cl.CCCOC(=O)/C=C/C(=O)OCCO[Si](C)(C)C(C)(C)C.O=C(/C=C/C(=O)OCCO)OCCO.O=C(O)/C=C/C(=O)O.OCCO. The number of carboxylic acid groups (broad SMARTS) is 2. The number of aliphatic carboxylic acids is 2. The minimum absolute atomic E-state index is 0.116. The van der Waals surface area contributed by atoms with Crippen molar-refractivity contribution in [1.29, 1.82) is 0 Å². The summed E-state index contributed by atoms with van der Waals surface area (Å²) in [6, 6.07) is 0. The third kappa shape index (κ3) is 46.6. The molecule has 0 spiro atoms. The third-order valence-electron chi connectivity index (χ3n) is 6.68. The molecule has 0 radical (unpaired) electrons. The van der Waals surface area contributed by atoms with E-state index in [4.69, 9.17) is 55.6 Å². The van der Waals surface area contributed by atoms with Gasteiger partial charge in [0.25, 0.3) is 0 Å². The summed E-state index contributed by atoms with van der Waals surface area (Å²) >= 11 is 6.15. The zero-order valence-corrected chi connectivity index (χ0v) is 36.8. The molecule has 0 unspecified atom stereocenters. The van der Waals surface area contributed by atoms with E-state index in [1.54, 1.807) is 0 Å². The van der Waals surface area contributed by atoms with Crippen LogP contribution in [0.1, 0.15) is 54.9 Å². The maximum Gasteiger partial charge on any atom is 0.331 e. The van der Waals surface area contributed by atoms with Crippen molar-refractivity contribution >= 4 is 62.6 Å². The molecule has 0 aliphatic rings. The Morgan fingerprint density at radius 2 is 0.800 bits per heavy atom. The van der Waals surface area contributed by atoms with Gasteiger partial charge in [-0.2, -0.15) is 11.1 Å². The van der Waals surface area contributed by atoms with Crippen LogP contribution in [0.3, 0.4) is 0 Å². The molecule has 0 fully saturated rings. The number of carbonyl (C=O) groups excluding carboxylic acids is 4. The molecule has 6 N–H and O–H groups in total. The van der Waals surface area contributed by atoms with Crippen LogP contribution >= 0.6 is 11.1 Å². The van der Waals surface area contributed by atoms with Crippen molar-refractivity contribution in [1.82, 2.24) is 0 Å². The fourth-order valence-corrected chi connectivity index (χ4v) is 2.78. The topological polar surface area (TPSA) is 270 Å². The van der Waals surface area contributed by atoms with E-state index >= 15 is 0 Å². The van der Waals surface area contributed by atoms with E-state index in [0.717, 1.165) is 30.7 Å². The smallest absolute Gasteiger partial charge is 0.331 e. The van der Waals surface area contributed by atoms with E-state index in [-0.39, 0.29) is 51.3 Å². The molecule has 0 saturated carbocycles. The van der Waals surface area contributed by atoms with Crippen LogP contribution in [0.5, 0.6) is 0 Å². The van der Waals surface area contributed by atoms with Gasteiger partial charge in [-0.1, -0.05) is 61.6 Å². The fourth-order valence-electron chi connectivity index (χ4n) is 1.76. The normalized spacial score (nSPS) is 11.3. The highest BCUT2D eigenvalue weighted by Crippen LogP contribution is 2.38. The fraction of sp³-hybridized carbons (Fsp3) is 0.657. The van der Waals surface area contributed by atoms with Crippen molar-refractivity contribution in [2.45, 2.75) is 91.2 Å². The molecule has 17 nitrogen and oxygen atoms in total. The van der Waals surface area contributed by atoms with Crippen LogP contribution in [0.2, 0.25) is 36.3 Å². The molecule has 0 rings (SSSR count). The van der Waals surface area contributed by atoms with Gasteiger partial charge < -0.3 is 54.0 Å². The van der Waals surface area contributed by atoms with E-state index in [0.29, 0.717) is 30.4 Å². The van der Waals surface area contributed by atoms with Crippen LogP contribution in [0.4, 0.5) is 0 Å². The summed E-state index contributed by atoms with van der Waals surface area (Å²) in [6.07, 6.45) is 5.78. The number of ether oxygens (including phenoxy) is 4. The monoisotopic (exact) mass is 848 g/mol. The average molecular weight is 850 g/mol. The highest BCUT2D eigenvalue weighted by molar-refractivity contribution is 7.20. The molecule has 0 aliphatic heterocycles. The van der Waals surface area contributed by atoms with Crippen LogP contribution < -0.4 is 0 Å². The molecule has 0 aromatic heterocycles. The first-order chi connectivity index (χ1) is 25.1. The Morgan fingerprint density at radius 3 is 1.02 bits per heavy atom. The number of halogens is 1. The highest BCUT2D eigenvalue weighted by Gasteiger charge is 2.37. The summed E-state index contributed by atoms with van der Waals surface area (Å²) in [4.78, 5) is 63.0. The van der Waals surface area contributed by atoms with E-state index in [2.05, 4.69) is 77.2 Å². The lowest BCUT2D eigenvalue weighted by Crippen LogP contribution is -2.41. The summed E-state index contributed by atoms with van der Waals surface area (Å²) in [5, 5.41) is 47.9. The summed E-state index contributed by atoms with van der Waals surface area (Å²) < 4.78 is 24.5. The number of aliphatic hydroxyl groups excluding tert-OH is 4. The molecule has 0 heterocycles. The molecule has 0 aliphatic carbocycles. The zero-order valence-electron chi connectivity index (χ0n) is 34.1. The number of carbonyl (C=O) groups is 6. The Kier molecular flexibility index (Phi) is 38.7. The second-order valence-electron chi connectivity index (χ2n) is 13.6. The second kappa shape index (κ2) is 35.0. The first-order valence-corrected chi connectivity index (χ1v) is 23.9. The van der Waals surface area contributed by atoms with Crippen LogP contribution in [0.15, 0.2) is 36.5 Å². The van der Waals surface area contributed by atoms with Gasteiger partial charge in [0.05, 0.1) is 39.6 Å². The summed E-state index contributed by atoms with van der Waals surface area (Å²) in [5.74, 6) is -5.09. The van der Waals surface area contributed by atoms with Crippen molar-refractivity contribution < 1.29 is 82.8 Å². The molecule has 55 heavy (non-hydrogen) atoms. The summed E-state index contributed by atoms with van der Waals surface area (Å²) in [5.41, 5.74) is 0. The van der Waals surface area contributed by atoms with Gasteiger partial charge in [0.15, 0.2) is 15.7 Å². The number of rotatable bonds is 17. The number of aliphatic hydroxyl groups is 4. The van der Waals surface area contributed by atoms with Gasteiger partial charge in [0, 0.05) is 36.5 Å². The highest BCUT2D eigenvalue weighted by atomic mass is 35.6. The Balaban J connectivity index is -0.000000210. The van der Waals surface area contributed by atoms with Crippen LogP contribution in [0.25, 0.3) is 0 Å². The van der Waals surface area contributed by atoms with E-state index in [9.17, 15) is 28.8 Å². The Bertz CT molecular complexity index is 1110. The van der Waals surface area contributed by atoms with Crippen molar-refractivity contribution in [2.24, 2.45) is 0 Å². The molecular weight excluding hydrogens is 784 g/mol. The quantitative estimate of drug-likeness (QED) is 0.0305.